The van der Waals surface area contributed by atoms with E-state index in [1.807, 2.05) is 18.2 Å². The second-order valence-corrected chi connectivity index (χ2v) is 3.91. The lowest BCUT2D eigenvalue weighted by Gasteiger charge is -2.03. The van der Waals surface area contributed by atoms with Crippen LogP contribution in [0.3, 0.4) is 0 Å². The zero-order chi connectivity index (χ0) is 10.1. The summed E-state index contributed by atoms with van der Waals surface area (Å²) < 4.78 is 5.84. The molecular formula is C10H9NO2S. The van der Waals surface area contributed by atoms with Gasteiger partial charge in [-0.15, -0.1) is 11.3 Å². The van der Waals surface area contributed by atoms with Crippen LogP contribution in [0.5, 0.6) is 5.75 Å². The van der Waals surface area contributed by atoms with Crippen molar-refractivity contribution in [2.45, 2.75) is 0 Å². The summed E-state index contributed by atoms with van der Waals surface area (Å²) in [7, 11) is 1.45. The van der Waals surface area contributed by atoms with Gasteiger partial charge in [0.05, 0.1) is 7.11 Å². The number of rotatable bonds is 1. The van der Waals surface area contributed by atoms with Gasteiger partial charge in [-0.05, 0) is 12.1 Å². The Kier molecular flexibility index (Phi) is 2.13. The molecule has 2 aromatic rings. The van der Waals surface area contributed by atoms with Gasteiger partial charge < -0.3 is 10.5 Å². The first kappa shape index (κ1) is 9.02. The Bertz CT molecular complexity index is 533. The molecule has 0 aliphatic carbocycles. The minimum Gasteiger partial charge on any atom is -0.490 e. The number of fused-ring (bicyclic) bond motifs is 1. The highest BCUT2D eigenvalue weighted by Crippen LogP contribution is 2.28. The molecule has 0 unspecified atom stereocenters. The SMILES string of the molecule is COc1c(N)sc2ccccc2c1=O. The second-order valence-electron chi connectivity index (χ2n) is 2.82. The van der Waals surface area contributed by atoms with Gasteiger partial charge in [0.25, 0.3) is 0 Å². The highest BCUT2D eigenvalue weighted by molar-refractivity contribution is 7.22. The number of nitrogens with two attached hydrogens (primary N) is 1. The quantitative estimate of drug-likeness (QED) is 0.776. The third-order valence-corrected chi connectivity index (χ3v) is 2.97. The van der Waals surface area contributed by atoms with Gasteiger partial charge in [-0.2, -0.15) is 0 Å². The first-order valence-electron chi connectivity index (χ1n) is 4.09. The minimum atomic E-state index is -0.139. The van der Waals surface area contributed by atoms with Gasteiger partial charge in [-0.1, -0.05) is 12.1 Å². The average Bonchev–Trinajstić information content (AvgIpc) is 2.18. The predicted molar refractivity (Wildman–Crippen MR) is 59.1 cm³/mol. The molecule has 0 aliphatic rings. The topological polar surface area (TPSA) is 52.3 Å². The zero-order valence-corrected chi connectivity index (χ0v) is 8.43. The lowest BCUT2D eigenvalue weighted by Crippen LogP contribution is -2.07. The molecule has 1 heterocycles. The van der Waals surface area contributed by atoms with Crippen LogP contribution in [0.15, 0.2) is 29.1 Å². The van der Waals surface area contributed by atoms with Gasteiger partial charge in [0.1, 0.15) is 5.00 Å². The standard InChI is InChI=1S/C10H9NO2S/c1-13-9-8(12)6-4-2-3-5-7(6)14-10(9)11/h2-5H,11H2,1H3. The fourth-order valence-electron chi connectivity index (χ4n) is 1.34. The monoisotopic (exact) mass is 207 g/mol. The zero-order valence-electron chi connectivity index (χ0n) is 7.61. The first-order chi connectivity index (χ1) is 6.74. The maximum Gasteiger partial charge on any atom is 0.232 e. The van der Waals surface area contributed by atoms with Crippen LogP contribution < -0.4 is 15.9 Å². The molecule has 72 valence electrons. The van der Waals surface area contributed by atoms with Crippen LogP contribution in [0.25, 0.3) is 10.1 Å². The molecule has 0 aliphatic heterocycles. The molecule has 2 rings (SSSR count). The van der Waals surface area contributed by atoms with Crippen molar-refractivity contribution < 1.29 is 4.74 Å². The molecule has 0 atom stereocenters. The molecule has 0 spiro atoms. The minimum absolute atomic E-state index is 0.139. The van der Waals surface area contributed by atoms with Gasteiger partial charge in [0.2, 0.25) is 11.2 Å². The Morgan fingerprint density at radius 2 is 2.07 bits per heavy atom. The Labute approximate surface area is 84.7 Å². The molecule has 0 fully saturated rings. The van der Waals surface area contributed by atoms with Gasteiger partial charge in [-0.3, -0.25) is 4.79 Å². The summed E-state index contributed by atoms with van der Waals surface area (Å²) in [6.07, 6.45) is 0. The molecule has 0 bridgehead atoms. The van der Waals surface area contributed by atoms with Crippen LogP contribution in [0.4, 0.5) is 5.00 Å². The van der Waals surface area contributed by atoms with E-state index in [9.17, 15) is 4.79 Å². The third-order valence-electron chi connectivity index (χ3n) is 1.99. The molecule has 2 N–H and O–H groups in total. The molecule has 0 saturated heterocycles. The predicted octanol–water partition coefficient (Wildman–Crippen LogP) is 1.85. The van der Waals surface area contributed by atoms with Gasteiger partial charge in [0, 0.05) is 10.1 Å². The Balaban J connectivity index is 2.93. The third kappa shape index (κ3) is 1.24. The Hall–Kier alpha value is -1.55. The first-order valence-corrected chi connectivity index (χ1v) is 4.91. The van der Waals surface area contributed by atoms with E-state index < -0.39 is 0 Å². The maximum atomic E-state index is 11.8. The van der Waals surface area contributed by atoms with Crippen LogP contribution in [-0.4, -0.2) is 7.11 Å². The molecule has 1 aromatic carbocycles. The summed E-state index contributed by atoms with van der Waals surface area (Å²) in [6, 6.07) is 7.35. The van der Waals surface area contributed by atoms with E-state index in [1.54, 1.807) is 6.07 Å². The fourth-order valence-corrected chi connectivity index (χ4v) is 2.26. The van der Waals surface area contributed by atoms with E-state index in [2.05, 4.69) is 0 Å². The van der Waals surface area contributed by atoms with Gasteiger partial charge >= 0.3 is 0 Å². The van der Waals surface area contributed by atoms with Crippen LogP contribution >= 0.6 is 11.3 Å². The summed E-state index contributed by atoms with van der Waals surface area (Å²) in [4.78, 5) is 11.8. The number of hydrogen-bond donors (Lipinski definition) is 1. The van der Waals surface area contributed by atoms with E-state index in [0.29, 0.717) is 10.4 Å². The van der Waals surface area contributed by atoms with Crippen molar-refractivity contribution in [1.29, 1.82) is 0 Å². The van der Waals surface area contributed by atoms with E-state index in [1.165, 1.54) is 18.4 Å². The lowest BCUT2D eigenvalue weighted by molar-refractivity contribution is 0.415. The Morgan fingerprint density at radius 3 is 2.79 bits per heavy atom. The number of hydrogen-bond acceptors (Lipinski definition) is 4. The van der Waals surface area contributed by atoms with E-state index in [-0.39, 0.29) is 11.2 Å². The number of nitrogen functional groups attached to an aromatic ring is 1. The van der Waals surface area contributed by atoms with Crippen molar-refractivity contribution >= 4 is 26.4 Å². The van der Waals surface area contributed by atoms with Gasteiger partial charge in [-0.25, -0.2) is 0 Å². The van der Waals surface area contributed by atoms with Crippen molar-refractivity contribution in [2.24, 2.45) is 0 Å². The molecule has 0 radical (unpaired) electrons. The van der Waals surface area contributed by atoms with Crippen molar-refractivity contribution in [1.82, 2.24) is 0 Å². The van der Waals surface area contributed by atoms with E-state index in [0.717, 1.165) is 4.70 Å². The largest absolute Gasteiger partial charge is 0.490 e. The van der Waals surface area contributed by atoms with E-state index >= 15 is 0 Å². The number of methoxy groups -OCH3 is 1. The number of anilines is 1. The average molecular weight is 207 g/mol. The molecule has 14 heavy (non-hydrogen) atoms. The van der Waals surface area contributed by atoms with Crippen LogP contribution in [-0.2, 0) is 0 Å². The smallest absolute Gasteiger partial charge is 0.232 e. The molecule has 4 heteroatoms. The van der Waals surface area contributed by atoms with Gasteiger partial charge in [0.15, 0.2) is 0 Å². The summed E-state index contributed by atoms with van der Waals surface area (Å²) in [5, 5.41) is 1.08. The van der Waals surface area contributed by atoms with Crippen LogP contribution in [0.1, 0.15) is 0 Å². The second kappa shape index (κ2) is 3.31. The number of benzene rings is 1. The summed E-state index contributed by atoms with van der Waals surface area (Å²) in [5.41, 5.74) is 5.55. The summed E-state index contributed by atoms with van der Waals surface area (Å²) in [6.45, 7) is 0. The van der Waals surface area contributed by atoms with Crippen LogP contribution in [0, 0.1) is 0 Å². The summed E-state index contributed by atoms with van der Waals surface area (Å²) >= 11 is 1.36. The molecule has 3 nitrogen and oxygen atoms in total. The molecule has 0 amide bonds. The molecular weight excluding hydrogens is 198 g/mol. The van der Waals surface area contributed by atoms with Crippen LogP contribution in [0.2, 0.25) is 0 Å². The van der Waals surface area contributed by atoms with Crippen molar-refractivity contribution in [3.8, 4) is 5.75 Å². The van der Waals surface area contributed by atoms with E-state index in [4.69, 9.17) is 10.5 Å². The highest BCUT2D eigenvalue weighted by atomic mass is 32.1. The lowest BCUT2D eigenvalue weighted by atomic mass is 10.2. The molecule has 1 aromatic heterocycles. The molecule has 0 saturated carbocycles. The number of ether oxygens (including phenoxy) is 1. The fraction of sp³-hybridized carbons (Fsp3) is 0.100. The normalized spacial score (nSPS) is 10.4. The Morgan fingerprint density at radius 1 is 1.36 bits per heavy atom. The van der Waals surface area contributed by atoms with Crippen molar-refractivity contribution in [2.75, 3.05) is 12.8 Å². The van der Waals surface area contributed by atoms with Crippen molar-refractivity contribution in [3.05, 3.63) is 34.5 Å². The maximum absolute atomic E-state index is 11.8. The summed E-state index contributed by atoms with van der Waals surface area (Å²) in [5.74, 6) is 0.244. The van der Waals surface area contributed by atoms with Crippen molar-refractivity contribution in [3.63, 3.8) is 0 Å². The highest BCUT2D eigenvalue weighted by Gasteiger charge is 2.09.